The second-order valence-corrected chi connectivity index (χ2v) is 10.5. The number of fused-ring (bicyclic) bond motifs is 1. The average molecular weight is 499 g/mol. The highest BCUT2D eigenvalue weighted by Crippen LogP contribution is 2.34. The molecule has 2 fully saturated rings. The number of alkyl halides is 3. The van der Waals surface area contributed by atoms with Gasteiger partial charge in [0.1, 0.15) is 0 Å². The lowest BCUT2D eigenvalue weighted by Gasteiger charge is -2.44. The molecule has 150 valence electrons. The molecular formula is C19H24BrCl3N2O2. The first-order valence-electron chi connectivity index (χ1n) is 9.33. The summed E-state index contributed by atoms with van der Waals surface area (Å²) in [6, 6.07) is 7.52. The van der Waals surface area contributed by atoms with E-state index in [0.29, 0.717) is 24.1 Å². The molecule has 1 aromatic carbocycles. The summed E-state index contributed by atoms with van der Waals surface area (Å²) >= 11 is 21.6. The number of nitrogens with one attached hydrogen (secondary N) is 1. The van der Waals surface area contributed by atoms with Gasteiger partial charge in [0.15, 0.2) is 6.23 Å². The van der Waals surface area contributed by atoms with Crippen LogP contribution in [0.1, 0.15) is 42.5 Å². The van der Waals surface area contributed by atoms with E-state index >= 15 is 0 Å². The Labute approximate surface area is 184 Å². The summed E-state index contributed by atoms with van der Waals surface area (Å²) < 4.78 is 5.09. The van der Waals surface area contributed by atoms with Gasteiger partial charge in [-0.25, -0.2) is 0 Å². The van der Waals surface area contributed by atoms with Gasteiger partial charge in [-0.1, -0.05) is 57.2 Å². The lowest BCUT2D eigenvalue weighted by atomic mass is 9.84. The molecule has 0 aromatic heterocycles. The van der Waals surface area contributed by atoms with Crippen molar-refractivity contribution < 1.29 is 9.53 Å². The third-order valence-corrected chi connectivity index (χ3v) is 6.49. The molecule has 8 heteroatoms. The van der Waals surface area contributed by atoms with Crippen molar-refractivity contribution in [1.29, 1.82) is 0 Å². The number of hydrogen-bond acceptors (Lipinski definition) is 3. The number of nitrogens with zero attached hydrogens (tertiary/aromatic N) is 1. The summed E-state index contributed by atoms with van der Waals surface area (Å²) in [6.45, 7) is 2.80. The topological polar surface area (TPSA) is 41.6 Å². The predicted molar refractivity (Wildman–Crippen MR) is 114 cm³/mol. The van der Waals surface area contributed by atoms with Crippen molar-refractivity contribution in [3.8, 4) is 0 Å². The summed E-state index contributed by atoms with van der Waals surface area (Å²) in [4.78, 5) is 15.1. The van der Waals surface area contributed by atoms with E-state index in [0.717, 1.165) is 30.4 Å². The third-order valence-electron chi connectivity index (χ3n) is 5.37. The molecular weight excluding hydrogens is 474 g/mol. The molecule has 2 saturated heterocycles. The first-order valence-corrected chi connectivity index (χ1v) is 11.3. The van der Waals surface area contributed by atoms with Crippen LogP contribution >= 0.6 is 50.7 Å². The minimum Gasteiger partial charge on any atom is -0.354 e. The van der Waals surface area contributed by atoms with Crippen LogP contribution in [0.15, 0.2) is 28.7 Å². The highest BCUT2D eigenvalue weighted by atomic mass is 79.9. The van der Waals surface area contributed by atoms with E-state index in [1.165, 1.54) is 19.3 Å². The predicted octanol–water partition coefficient (Wildman–Crippen LogP) is 5.16. The van der Waals surface area contributed by atoms with Gasteiger partial charge in [-0.2, -0.15) is 0 Å². The Balaban J connectivity index is 1.61. The van der Waals surface area contributed by atoms with Gasteiger partial charge < -0.3 is 15.0 Å². The third kappa shape index (κ3) is 5.97. The van der Waals surface area contributed by atoms with E-state index in [1.807, 2.05) is 0 Å². The fourth-order valence-corrected chi connectivity index (χ4v) is 4.63. The summed E-state index contributed by atoms with van der Waals surface area (Å²) in [5, 5.41) is 2.72. The van der Waals surface area contributed by atoms with Gasteiger partial charge in [0, 0.05) is 16.1 Å². The molecule has 0 bridgehead atoms. The Morgan fingerprint density at radius 3 is 2.59 bits per heavy atom. The fraction of sp³-hybridized carbons (Fsp3) is 0.632. The number of amides is 1. The summed E-state index contributed by atoms with van der Waals surface area (Å²) in [5.41, 5.74) is 0.483. The molecule has 1 aromatic rings. The smallest absolute Gasteiger partial charge is 0.253 e. The average Bonchev–Trinajstić information content (AvgIpc) is 2.64. The van der Waals surface area contributed by atoms with Gasteiger partial charge >= 0.3 is 0 Å². The van der Waals surface area contributed by atoms with Gasteiger partial charge in [-0.05, 0) is 69.0 Å². The second-order valence-electron chi connectivity index (χ2n) is 7.24. The molecule has 0 unspecified atom stereocenters. The molecule has 1 N–H and O–H groups in total. The molecule has 3 atom stereocenters. The van der Waals surface area contributed by atoms with Crippen molar-refractivity contribution in [2.45, 2.75) is 48.2 Å². The van der Waals surface area contributed by atoms with Crippen LogP contribution in [0.5, 0.6) is 0 Å². The van der Waals surface area contributed by atoms with Crippen LogP contribution in [0.4, 0.5) is 0 Å². The molecule has 0 radical (unpaired) electrons. The molecule has 2 aliphatic heterocycles. The molecule has 0 aliphatic carbocycles. The van der Waals surface area contributed by atoms with Crippen molar-refractivity contribution in [1.82, 2.24) is 10.2 Å². The second kappa shape index (κ2) is 9.64. The summed E-state index contributed by atoms with van der Waals surface area (Å²) in [6.07, 6.45) is 4.98. The maximum Gasteiger partial charge on any atom is 0.253 e. The van der Waals surface area contributed by atoms with Crippen molar-refractivity contribution in [2.24, 2.45) is 5.92 Å². The quantitative estimate of drug-likeness (QED) is 0.451. The number of hydrogen-bond donors (Lipinski definition) is 1. The van der Waals surface area contributed by atoms with Crippen molar-refractivity contribution in [3.05, 3.63) is 34.3 Å². The van der Waals surface area contributed by atoms with E-state index in [4.69, 9.17) is 39.5 Å². The van der Waals surface area contributed by atoms with E-state index < -0.39 is 10.0 Å². The molecule has 2 heterocycles. The van der Waals surface area contributed by atoms with E-state index in [2.05, 4.69) is 26.1 Å². The van der Waals surface area contributed by atoms with Gasteiger partial charge in [-0.15, -0.1) is 0 Å². The van der Waals surface area contributed by atoms with Crippen LogP contribution in [0.25, 0.3) is 0 Å². The highest BCUT2D eigenvalue weighted by molar-refractivity contribution is 9.10. The maximum atomic E-state index is 12.5. The molecule has 0 saturated carbocycles. The lowest BCUT2D eigenvalue weighted by molar-refractivity contribution is -0.0325. The number of rotatable bonds is 5. The number of benzene rings is 1. The van der Waals surface area contributed by atoms with Crippen molar-refractivity contribution in [2.75, 3.05) is 19.7 Å². The Hall–Kier alpha value is -0.0400. The number of piperidine rings is 2. The Bertz CT molecular complexity index is 637. The Kier molecular flexibility index (Phi) is 7.73. The minimum absolute atomic E-state index is 0.332. The molecule has 2 aliphatic rings. The van der Waals surface area contributed by atoms with Crippen molar-refractivity contribution >= 4 is 56.6 Å². The lowest BCUT2D eigenvalue weighted by Crippen LogP contribution is -2.51. The van der Waals surface area contributed by atoms with Crippen molar-refractivity contribution in [3.63, 3.8) is 0 Å². The zero-order valence-electron chi connectivity index (χ0n) is 15.0. The zero-order chi connectivity index (χ0) is 19.4. The SMILES string of the molecule is O=C(N[C@H](OC[C@@H]1CCCN2CCCC[C@@H]12)C(Cl)(Cl)Cl)c1ccc(Br)cc1. The van der Waals surface area contributed by atoms with Gasteiger partial charge in [-0.3, -0.25) is 4.79 Å². The monoisotopic (exact) mass is 496 g/mol. The molecule has 3 rings (SSSR count). The molecule has 1 amide bonds. The molecule has 0 spiro atoms. The van der Waals surface area contributed by atoms with Gasteiger partial charge in [0.05, 0.1) is 6.61 Å². The summed E-state index contributed by atoms with van der Waals surface area (Å²) in [5.74, 6) is 0.0697. The maximum absolute atomic E-state index is 12.5. The normalized spacial score (nSPS) is 24.9. The van der Waals surface area contributed by atoms with Gasteiger partial charge in [0.25, 0.3) is 5.91 Å². The van der Waals surface area contributed by atoms with Crippen LogP contribution < -0.4 is 5.32 Å². The van der Waals surface area contributed by atoms with E-state index in [-0.39, 0.29) is 5.91 Å². The number of halogens is 4. The number of carbonyl (C=O) groups is 1. The van der Waals surface area contributed by atoms with Crippen LogP contribution in [0, 0.1) is 5.92 Å². The first kappa shape index (κ1) is 21.7. The Morgan fingerprint density at radius 2 is 1.89 bits per heavy atom. The first-order chi connectivity index (χ1) is 12.8. The zero-order valence-corrected chi connectivity index (χ0v) is 18.8. The summed E-state index contributed by atoms with van der Waals surface area (Å²) in [7, 11) is 0. The molecule has 4 nitrogen and oxygen atoms in total. The molecule has 27 heavy (non-hydrogen) atoms. The number of ether oxygens (including phenoxy) is 1. The standard InChI is InChI=1S/C19H24BrCl3N2O2/c20-15-8-6-13(7-9-15)17(26)24-18(19(21,22)23)27-12-14-4-3-11-25-10-2-1-5-16(14)25/h6-9,14,16,18H,1-5,10-12H2,(H,24,26)/t14-,16-,18+/m0/s1. The van der Waals surface area contributed by atoms with Crippen LogP contribution in [0.3, 0.4) is 0 Å². The number of carbonyl (C=O) groups excluding carboxylic acids is 1. The fourth-order valence-electron chi connectivity index (χ4n) is 4.01. The largest absolute Gasteiger partial charge is 0.354 e. The van der Waals surface area contributed by atoms with E-state index in [9.17, 15) is 4.79 Å². The van der Waals surface area contributed by atoms with Crippen LogP contribution in [-0.2, 0) is 4.74 Å². The van der Waals surface area contributed by atoms with Gasteiger partial charge in [0.2, 0.25) is 3.79 Å². The van der Waals surface area contributed by atoms with Crippen LogP contribution in [-0.4, -0.2) is 46.6 Å². The highest BCUT2D eigenvalue weighted by Gasteiger charge is 2.38. The Morgan fingerprint density at radius 1 is 1.19 bits per heavy atom. The van der Waals surface area contributed by atoms with E-state index in [1.54, 1.807) is 24.3 Å². The minimum atomic E-state index is -1.74. The van der Waals surface area contributed by atoms with Crippen LogP contribution in [0.2, 0.25) is 0 Å².